The van der Waals surface area contributed by atoms with Gasteiger partial charge in [0.05, 0.1) is 16.7 Å². The average molecular weight is 278 g/mol. The lowest BCUT2D eigenvalue weighted by atomic mass is 10.3. The average Bonchev–Trinajstić information content (AvgIpc) is 2.52. The Labute approximate surface area is 113 Å². The van der Waals surface area contributed by atoms with E-state index in [9.17, 15) is 4.79 Å². The SMILES string of the molecule is Cc1nc(C)c(CN[C@H](C)C(=O)N(C)C)s1.Cl. The van der Waals surface area contributed by atoms with Crippen LogP contribution in [0.3, 0.4) is 0 Å². The van der Waals surface area contributed by atoms with Crippen molar-refractivity contribution in [2.75, 3.05) is 14.1 Å². The van der Waals surface area contributed by atoms with Gasteiger partial charge in [-0.15, -0.1) is 23.7 Å². The first-order chi connectivity index (χ1) is 7.41. The maximum atomic E-state index is 11.6. The summed E-state index contributed by atoms with van der Waals surface area (Å²) in [5.74, 6) is 0.0962. The van der Waals surface area contributed by atoms with Crippen LogP contribution in [0.4, 0.5) is 0 Å². The van der Waals surface area contributed by atoms with Crippen LogP contribution in [0.5, 0.6) is 0 Å². The van der Waals surface area contributed by atoms with E-state index >= 15 is 0 Å². The zero-order valence-electron chi connectivity index (χ0n) is 10.9. The Morgan fingerprint density at radius 1 is 1.47 bits per heavy atom. The van der Waals surface area contributed by atoms with Crippen LogP contribution in [0.2, 0.25) is 0 Å². The van der Waals surface area contributed by atoms with E-state index in [1.807, 2.05) is 20.8 Å². The number of likely N-dealkylation sites (N-methyl/N-ethyl adjacent to an activating group) is 1. The van der Waals surface area contributed by atoms with Crippen molar-refractivity contribution in [1.82, 2.24) is 15.2 Å². The van der Waals surface area contributed by atoms with Crippen molar-refractivity contribution in [2.45, 2.75) is 33.4 Å². The lowest BCUT2D eigenvalue weighted by molar-refractivity contribution is -0.130. The molecular weight excluding hydrogens is 258 g/mol. The predicted molar refractivity (Wildman–Crippen MR) is 73.8 cm³/mol. The lowest BCUT2D eigenvalue weighted by Gasteiger charge is -2.17. The summed E-state index contributed by atoms with van der Waals surface area (Å²) in [7, 11) is 3.53. The molecule has 0 aliphatic carbocycles. The molecule has 6 heteroatoms. The highest BCUT2D eigenvalue weighted by Crippen LogP contribution is 2.16. The van der Waals surface area contributed by atoms with Crippen LogP contribution in [0, 0.1) is 13.8 Å². The van der Waals surface area contributed by atoms with E-state index in [-0.39, 0.29) is 24.4 Å². The molecule has 1 aromatic rings. The maximum Gasteiger partial charge on any atom is 0.238 e. The van der Waals surface area contributed by atoms with Crippen LogP contribution < -0.4 is 5.32 Å². The fourth-order valence-electron chi connectivity index (χ4n) is 1.46. The summed E-state index contributed by atoms with van der Waals surface area (Å²) >= 11 is 1.68. The molecule has 0 spiro atoms. The minimum absolute atomic E-state index is 0. The van der Waals surface area contributed by atoms with Gasteiger partial charge in [-0.05, 0) is 20.8 Å². The van der Waals surface area contributed by atoms with Crippen molar-refractivity contribution < 1.29 is 4.79 Å². The summed E-state index contributed by atoms with van der Waals surface area (Å²) in [6.07, 6.45) is 0. The van der Waals surface area contributed by atoms with Gasteiger partial charge in [-0.3, -0.25) is 4.79 Å². The van der Waals surface area contributed by atoms with E-state index in [2.05, 4.69) is 10.3 Å². The molecule has 0 saturated heterocycles. The third-order valence-electron chi connectivity index (χ3n) is 2.38. The zero-order chi connectivity index (χ0) is 12.3. The van der Waals surface area contributed by atoms with Crippen molar-refractivity contribution in [3.8, 4) is 0 Å². The van der Waals surface area contributed by atoms with Gasteiger partial charge in [0.2, 0.25) is 5.91 Å². The standard InChI is InChI=1S/C11H19N3OS.ClH/c1-7-10(16-9(3)13-7)6-12-8(2)11(15)14(4)5;/h8,12H,6H2,1-5H3;1H/t8-;/m1./s1. The molecule has 17 heavy (non-hydrogen) atoms. The number of nitrogens with one attached hydrogen (secondary N) is 1. The monoisotopic (exact) mass is 277 g/mol. The quantitative estimate of drug-likeness (QED) is 0.912. The molecule has 1 N–H and O–H groups in total. The van der Waals surface area contributed by atoms with E-state index in [4.69, 9.17) is 0 Å². The molecule has 4 nitrogen and oxygen atoms in total. The number of carbonyl (C=O) groups is 1. The molecule has 0 aliphatic heterocycles. The van der Waals surface area contributed by atoms with Gasteiger partial charge < -0.3 is 10.2 Å². The fourth-order valence-corrected chi connectivity index (χ4v) is 2.35. The Kier molecular flexibility index (Phi) is 6.67. The Hall–Kier alpha value is -0.650. The molecule has 0 unspecified atom stereocenters. The van der Waals surface area contributed by atoms with E-state index in [0.29, 0.717) is 6.54 Å². The van der Waals surface area contributed by atoms with Crippen LogP contribution in [0.15, 0.2) is 0 Å². The second-order valence-corrected chi connectivity index (χ2v) is 5.36. The normalized spacial score (nSPS) is 11.8. The van der Waals surface area contributed by atoms with Crippen molar-refractivity contribution in [2.24, 2.45) is 0 Å². The Balaban J connectivity index is 0.00000256. The van der Waals surface area contributed by atoms with Crippen molar-refractivity contribution in [3.05, 3.63) is 15.6 Å². The van der Waals surface area contributed by atoms with Crippen LogP contribution >= 0.6 is 23.7 Å². The number of halogens is 1. The molecule has 1 amide bonds. The smallest absolute Gasteiger partial charge is 0.238 e. The molecule has 0 aliphatic rings. The molecule has 1 rings (SSSR count). The van der Waals surface area contributed by atoms with Crippen molar-refractivity contribution in [3.63, 3.8) is 0 Å². The molecule has 0 radical (unpaired) electrons. The van der Waals surface area contributed by atoms with Gasteiger partial charge in [0.1, 0.15) is 0 Å². The third-order valence-corrected chi connectivity index (χ3v) is 3.45. The molecular formula is C11H20ClN3OS. The van der Waals surface area contributed by atoms with Crippen molar-refractivity contribution >= 4 is 29.7 Å². The Morgan fingerprint density at radius 2 is 2.06 bits per heavy atom. The zero-order valence-corrected chi connectivity index (χ0v) is 12.5. The van der Waals surface area contributed by atoms with Crippen LogP contribution in [0.25, 0.3) is 0 Å². The number of amides is 1. The molecule has 1 aromatic heterocycles. The first-order valence-electron chi connectivity index (χ1n) is 5.29. The summed E-state index contributed by atoms with van der Waals surface area (Å²) in [4.78, 5) is 18.8. The highest BCUT2D eigenvalue weighted by molar-refractivity contribution is 7.11. The van der Waals surface area contributed by atoms with Gasteiger partial charge in [-0.25, -0.2) is 4.98 Å². The summed E-state index contributed by atoms with van der Waals surface area (Å²) in [5.41, 5.74) is 1.06. The van der Waals surface area contributed by atoms with E-state index in [1.54, 1.807) is 30.3 Å². The highest BCUT2D eigenvalue weighted by Gasteiger charge is 2.14. The Morgan fingerprint density at radius 3 is 2.47 bits per heavy atom. The van der Waals surface area contributed by atoms with Crippen LogP contribution in [0.1, 0.15) is 22.5 Å². The minimum atomic E-state index is -0.156. The van der Waals surface area contributed by atoms with Gasteiger partial charge >= 0.3 is 0 Å². The van der Waals surface area contributed by atoms with E-state index < -0.39 is 0 Å². The number of aromatic nitrogens is 1. The van der Waals surface area contributed by atoms with Gasteiger partial charge in [-0.1, -0.05) is 0 Å². The summed E-state index contributed by atoms with van der Waals surface area (Å²) < 4.78 is 0. The third kappa shape index (κ3) is 4.61. The summed E-state index contributed by atoms with van der Waals surface area (Å²) in [6.45, 7) is 6.58. The topological polar surface area (TPSA) is 45.2 Å². The van der Waals surface area contributed by atoms with E-state index in [0.717, 1.165) is 10.7 Å². The lowest BCUT2D eigenvalue weighted by Crippen LogP contribution is -2.41. The van der Waals surface area contributed by atoms with Crippen LogP contribution in [-0.4, -0.2) is 35.9 Å². The summed E-state index contributed by atoms with van der Waals surface area (Å²) in [5, 5.41) is 4.28. The number of hydrogen-bond acceptors (Lipinski definition) is 4. The van der Waals surface area contributed by atoms with Gasteiger partial charge in [-0.2, -0.15) is 0 Å². The molecule has 0 fully saturated rings. The first-order valence-corrected chi connectivity index (χ1v) is 6.11. The predicted octanol–water partition coefficient (Wildman–Crippen LogP) is 1.75. The first kappa shape index (κ1) is 16.4. The molecule has 0 aromatic carbocycles. The second-order valence-electron chi connectivity index (χ2n) is 4.08. The van der Waals surface area contributed by atoms with Gasteiger partial charge in [0.25, 0.3) is 0 Å². The number of rotatable bonds is 4. The molecule has 1 atom stereocenters. The molecule has 0 saturated carbocycles. The van der Waals surface area contributed by atoms with E-state index in [1.165, 1.54) is 4.88 Å². The number of aryl methyl sites for hydroxylation is 2. The largest absolute Gasteiger partial charge is 0.347 e. The Bertz CT molecular complexity index is 379. The number of thiazole rings is 1. The molecule has 98 valence electrons. The number of nitrogens with zero attached hydrogens (tertiary/aromatic N) is 2. The maximum absolute atomic E-state index is 11.6. The highest BCUT2D eigenvalue weighted by atomic mass is 35.5. The molecule has 1 heterocycles. The second kappa shape index (κ2) is 6.93. The minimum Gasteiger partial charge on any atom is -0.347 e. The van der Waals surface area contributed by atoms with Gasteiger partial charge in [0, 0.05) is 25.5 Å². The number of hydrogen-bond donors (Lipinski definition) is 1. The van der Waals surface area contributed by atoms with Gasteiger partial charge in [0.15, 0.2) is 0 Å². The fraction of sp³-hybridized carbons (Fsp3) is 0.636. The molecule has 0 bridgehead atoms. The van der Waals surface area contributed by atoms with Crippen molar-refractivity contribution in [1.29, 1.82) is 0 Å². The summed E-state index contributed by atoms with van der Waals surface area (Å²) in [6, 6.07) is -0.156. The van der Waals surface area contributed by atoms with Crippen LogP contribution in [-0.2, 0) is 11.3 Å². The number of carbonyl (C=O) groups excluding carboxylic acids is 1.